The maximum atomic E-state index is 13.8. The number of hydrogen-bond acceptors (Lipinski definition) is 5. The van der Waals surface area contributed by atoms with Gasteiger partial charge in [0.2, 0.25) is 0 Å². The molecule has 7 nitrogen and oxygen atoms in total. The summed E-state index contributed by atoms with van der Waals surface area (Å²) in [5.41, 5.74) is 1.27. The monoisotopic (exact) mass is 405 g/mol. The lowest BCUT2D eigenvalue weighted by atomic mass is 10.1. The van der Waals surface area contributed by atoms with E-state index in [4.69, 9.17) is 5.26 Å². The van der Waals surface area contributed by atoms with Gasteiger partial charge in [-0.05, 0) is 43.3 Å². The molecule has 30 heavy (non-hydrogen) atoms. The number of anilines is 1. The Morgan fingerprint density at radius 3 is 2.60 bits per heavy atom. The number of fused-ring (bicyclic) bond motifs is 1. The van der Waals surface area contributed by atoms with Crippen molar-refractivity contribution in [2.45, 2.75) is 13.5 Å². The Bertz CT molecular complexity index is 1220. The van der Waals surface area contributed by atoms with E-state index in [1.54, 1.807) is 17.9 Å². The highest BCUT2D eigenvalue weighted by molar-refractivity contribution is 6.04. The van der Waals surface area contributed by atoms with Gasteiger partial charge in [-0.3, -0.25) is 9.59 Å². The summed E-state index contributed by atoms with van der Waals surface area (Å²) >= 11 is 0. The fraction of sp³-hybridized carbons (Fsp3) is 0.273. The van der Waals surface area contributed by atoms with Gasteiger partial charge in [-0.2, -0.15) is 10.4 Å². The molecule has 1 aromatic heterocycles. The number of halogens is 1. The molecule has 4 rings (SSSR count). The quantitative estimate of drug-likeness (QED) is 0.668. The van der Waals surface area contributed by atoms with E-state index in [-0.39, 0.29) is 27.9 Å². The van der Waals surface area contributed by atoms with Crippen LogP contribution in [0, 0.1) is 17.1 Å². The highest BCUT2D eigenvalue weighted by atomic mass is 19.1. The molecule has 0 aliphatic carbocycles. The first-order valence-electron chi connectivity index (χ1n) is 9.76. The third-order valence-corrected chi connectivity index (χ3v) is 5.33. The summed E-state index contributed by atoms with van der Waals surface area (Å²) in [4.78, 5) is 29.5. The van der Waals surface area contributed by atoms with Crippen LogP contribution in [0.3, 0.4) is 0 Å². The van der Waals surface area contributed by atoms with Crippen molar-refractivity contribution in [2.24, 2.45) is 0 Å². The zero-order chi connectivity index (χ0) is 21.3. The van der Waals surface area contributed by atoms with Crippen molar-refractivity contribution in [2.75, 3.05) is 31.1 Å². The number of carbonyl (C=O) groups is 1. The van der Waals surface area contributed by atoms with Gasteiger partial charge in [0.05, 0.1) is 17.0 Å². The van der Waals surface area contributed by atoms with E-state index in [0.29, 0.717) is 38.3 Å². The van der Waals surface area contributed by atoms with Gasteiger partial charge in [0.15, 0.2) is 5.69 Å². The molecule has 1 aliphatic heterocycles. The van der Waals surface area contributed by atoms with Gasteiger partial charge < -0.3 is 9.80 Å². The average Bonchev–Trinajstić information content (AvgIpc) is 2.79. The molecule has 0 atom stereocenters. The Kier molecular flexibility index (Phi) is 5.19. The molecule has 2 heterocycles. The number of piperazine rings is 1. The molecule has 1 aliphatic rings. The maximum absolute atomic E-state index is 13.8. The van der Waals surface area contributed by atoms with Crippen molar-refractivity contribution in [3.63, 3.8) is 0 Å². The zero-order valence-corrected chi connectivity index (χ0v) is 16.5. The SMILES string of the molecule is CCn1nc(C(=O)N2CCN(c3cccc(C#N)c3)CC2)c2cc(F)ccc2c1=O. The van der Waals surface area contributed by atoms with Crippen molar-refractivity contribution < 1.29 is 9.18 Å². The predicted molar refractivity (Wildman–Crippen MR) is 111 cm³/mol. The summed E-state index contributed by atoms with van der Waals surface area (Å²) < 4.78 is 15.1. The van der Waals surface area contributed by atoms with Crippen molar-refractivity contribution in [3.05, 3.63) is 69.9 Å². The van der Waals surface area contributed by atoms with Crippen LogP contribution < -0.4 is 10.5 Å². The topological polar surface area (TPSA) is 82.2 Å². The average molecular weight is 405 g/mol. The summed E-state index contributed by atoms with van der Waals surface area (Å²) in [5.74, 6) is -0.840. The number of benzene rings is 2. The first-order chi connectivity index (χ1) is 14.5. The molecule has 0 radical (unpaired) electrons. The lowest BCUT2D eigenvalue weighted by Crippen LogP contribution is -2.49. The molecule has 0 spiro atoms. The minimum absolute atomic E-state index is 0.0888. The third kappa shape index (κ3) is 3.50. The number of hydrogen-bond donors (Lipinski definition) is 0. The maximum Gasteiger partial charge on any atom is 0.275 e. The number of carbonyl (C=O) groups excluding carboxylic acids is 1. The second kappa shape index (κ2) is 7.95. The number of aryl methyl sites for hydroxylation is 1. The number of rotatable bonds is 3. The molecule has 0 N–H and O–H groups in total. The predicted octanol–water partition coefficient (Wildman–Crippen LogP) is 2.39. The highest BCUT2D eigenvalue weighted by Crippen LogP contribution is 2.21. The Morgan fingerprint density at radius 2 is 1.90 bits per heavy atom. The minimum Gasteiger partial charge on any atom is -0.368 e. The molecule has 0 saturated carbocycles. The molecular weight excluding hydrogens is 385 g/mol. The van der Waals surface area contributed by atoms with Gasteiger partial charge in [0.25, 0.3) is 11.5 Å². The van der Waals surface area contributed by atoms with E-state index in [0.717, 1.165) is 5.69 Å². The molecule has 1 saturated heterocycles. The molecular formula is C22H20FN5O2. The molecule has 8 heteroatoms. The van der Waals surface area contributed by atoms with E-state index in [1.165, 1.54) is 22.9 Å². The Balaban J connectivity index is 1.61. The summed E-state index contributed by atoms with van der Waals surface area (Å²) in [5, 5.41) is 13.8. The fourth-order valence-electron chi connectivity index (χ4n) is 3.72. The normalized spacial score (nSPS) is 14.0. The van der Waals surface area contributed by atoms with Gasteiger partial charge in [-0.1, -0.05) is 6.07 Å². The van der Waals surface area contributed by atoms with Crippen molar-refractivity contribution in [1.82, 2.24) is 14.7 Å². The van der Waals surface area contributed by atoms with Crippen LogP contribution >= 0.6 is 0 Å². The molecule has 3 aromatic rings. The van der Waals surface area contributed by atoms with E-state index in [9.17, 15) is 14.0 Å². The summed E-state index contributed by atoms with van der Waals surface area (Å²) in [7, 11) is 0. The number of aromatic nitrogens is 2. The fourth-order valence-corrected chi connectivity index (χ4v) is 3.72. The van der Waals surface area contributed by atoms with Crippen LogP contribution in [-0.2, 0) is 6.54 Å². The summed E-state index contributed by atoms with van der Waals surface area (Å²) in [6.45, 7) is 4.20. The third-order valence-electron chi connectivity index (χ3n) is 5.33. The lowest BCUT2D eigenvalue weighted by molar-refractivity contribution is 0.0740. The molecule has 2 aromatic carbocycles. The first kappa shape index (κ1) is 19.6. The summed E-state index contributed by atoms with van der Waals surface area (Å²) in [6.07, 6.45) is 0. The smallest absolute Gasteiger partial charge is 0.275 e. The largest absolute Gasteiger partial charge is 0.368 e. The van der Waals surface area contributed by atoms with Gasteiger partial charge in [0.1, 0.15) is 5.82 Å². The molecule has 1 fully saturated rings. The van der Waals surface area contributed by atoms with E-state index in [2.05, 4.69) is 16.1 Å². The van der Waals surface area contributed by atoms with Crippen LogP contribution in [-0.4, -0.2) is 46.8 Å². The molecule has 0 bridgehead atoms. The van der Waals surface area contributed by atoms with Crippen LogP contribution in [0.4, 0.5) is 10.1 Å². The van der Waals surface area contributed by atoms with Crippen LogP contribution in [0.15, 0.2) is 47.3 Å². The van der Waals surface area contributed by atoms with Gasteiger partial charge >= 0.3 is 0 Å². The molecule has 152 valence electrons. The second-order valence-corrected chi connectivity index (χ2v) is 7.10. The van der Waals surface area contributed by atoms with E-state index < -0.39 is 5.82 Å². The van der Waals surface area contributed by atoms with Crippen molar-refractivity contribution >= 4 is 22.4 Å². The highest BCUT2D eigenvalue weighted by Gasteiger charge is 2.26. The van der Waals surface area contributed by atoms with Crippen molar-refractivity contribution in [1.29, 1.82) is 5.26 Å². The van der Waals surface area contributed by atoms with Gasteiger partial charge in [-0.25, -0.2) is 9.07 Å². The Morgan fingerprint density at radius 1 is 1.13 bits per heavy atom. The molecule has 0 unspecified atom stereocenters. The van der Waals surface area contributed by atoms with Crippen LogP contribution in [0.1, 0.15) is 23.0 Å². The van der Waals surface area contributed by atoms with Crippen molar-refractivity contribution in [3.8, 4) is 6.07 Å². The standard InChI is InChI=1S/C22H20FN5O2/c1-2-28-21(29)18-7-6-16(23)13-19(18)20(25-28)22(30)27-10-8-26(9-11-27)17-5-3-4-15(12-17)14-24/h3-7,12-13H,2,8-11H2,1H3. The Hall–Kier alpha value is -3.73. The van der Waals surface area contributed by atoms with Gasteiger partial charge in [-0.15, -0.1) is 0 Å². The number of nitriles is 1. The van der Waals surface area contributed by atoms with E-state index in [1.807, 2.05) is 18.2 Å². The zero-order valence-electron chi connectivity index (χ0n) is 16.5. The minimum atomic E-state index is -0.519. The van der Waals surface area contributed by atoms with E-state index >= 15 is 0 Å². The Labute approximate surface area is 172 Å². The number of amides is 1. The molecule has 1 amide bonds. The van der Waals surface area contributed by atoms with Gasteiger partial charge in [0, 0.05) is 43.8 Å². The lowest BCUT2D eigenvalue weighted by Gasteiger charge is -2.36. The van der Waals surface area contributed by atoms with Crippen LogP contribution in [0.5, 0.6) is 0 Å². The van der Waals surface area contributed by atoms with Crippen LogP contribution in [0.25, 0.3) is 10.8 Å². The summed E-state index contributed by atoms with van der Waals surface area (Å²) in [6, 6.07) is 13.3. The number of nitrogens with zero attached hydrogens (tertiary/aromatic N) is 5. The van der Waals surface area contributed by atoms with Crippen LogP contribution in [0.2, 0.25) is 0 Å². The first-order valence-corrected chi connectivity index (χ1v) is 9.76. The second-order valence-electron chi connectivity index (χ2n) is 7.10.